The van der Waals surface area contributed by atoms with Crippen molar-refractivity contribution >= 4 is 22.9 Å². The summed E-state index contributed by atoms with van der Waals surface area (Å²) in [7, 11) is 0. The van der Waals surface area contributed by atoms with E-state index in [1.165, 1.54) is 11.3 Å². The van der Waals surface area contributed by atoms with E-state index in [2.05, 4.69) is 20.5 Å². The number of hydrogen-bond acceptors (Lipinski definition) is 6. The van der Waals surface area contributed by atoms with Gasteiger partial charge < -0.3 is 9.73 Å². The van der Waals surface area contributed by atoms with Crippen molar-refractivity contribution in [3.63, 3.8) is 0 Å². The second-order valence-corrected chi connectivity index (χ2v) is 7.53. The first-order valence-electron chi connectivity index (χ1n) is 8.66. The van der Waals surface area contributed by atoms with Crippen molar-refractivity contribution in [1.29, 1.82) is 0 Å². The number of aryl methyl sites for hydroxylation is 1. The number of fused-ring (bicyclic) bond motifs is 1. The summed E-state index contributed by atoms with van der Waals surface area (Å²) in [4.78, 5) is 18.2. The van der Waals surface area contributed by atoms with Crippen molar-refractivity contribution in [3.8, 4) is 10.8 Å². The summed E-state index contributed by atoms with van der Waals surface area (Å²) in [5.74, 6) is 1.47. The summed E-state index contributed by atoms with van der Waals surface area (Å²) in [6.07, 6.45) is 1.89. The summed E-state index contributed by atoms with van der Waals surface area (Å²) in [6, 6.07) is 9.22. The van der Waals surface area contributed by atoms with E-state index >= 15 is 0 Å². The van der Waals surface area contributed by atoms with Gasteiger partial charge in [-0.25, -0.2) is 4.98 Å². The molecule has 0 radical (unpaired) electrons. The van der Waals surface area contributed by atoms with Gasteiger partial charge in [0.05, 0.1) is 10.9 Å². The van der Waals surface area contributed by atoms with E-state index < -0.39 is 0 Å². The van der Waals surface area contributed by atoms with Crippen molar-refractivity contribution < 1.29 is 9.21 Å². The standard InChI is InChI=1S/C19H19N5O2S/c1-11(2)15(17-23-22-14-8-4-5-9-24(14)17)20-18(25)16-12(3)26-19(21-16)13-7-6-10-27-13/h4-11,15H,1-3H3,(H,20,25)/t15-/m0/s1. The first-order valence-corrected chi connectivity index (χ1v) is 9.54. The van der Waals surface area contributed by atoms with Crippen LogP contribution in [0.15, 0.2) is 46.3 Å². The zero-order valence-electron chi connectivity index (χ0n) is 15.2. The van der Waals surface area contributed by atoms with E-state index in [1.807, 2.05) is 60.2 Å². The highest BCUT2D eigenvalue weighted by molar-refractivity contribution is 7.13. The van der Waals surface area contributed by atoms with Gasteiger partial charge >= 0.3 is 0 Å². The molecule has 0 saturated heterocycles. The molecule has 1 atom stereocenters. The Bertz CT molecular complexity index is 1080. The number of carbonyl (C=O) groups excluding carboxylic acids is 1. The van der Waals surface area contributed by atoms with Gasteiger partial charge in [0.1, 0.15) is 5.76 Å². The van der Waals surface area contributed by atoms with Gasteiger partial charge in [-0.05, 0) is 36.4 Å². The van der Waals surface area contributed by atoms with Crippen LogP contribution in [0.4, 0.5) is 0 Å². The van der Waals surface area contributed by atoms with E-state index in [1.54, 1.807) is 6.92 Å². The predicted molar refractivity (Wildman–Crippen MR) is 103 cm³/mol. The van der Waals surface area contributed by atoms with Crippen molar-refractivity contribution in [2.24, 2.45) is 5.92 Å². The molecule has 0 aliphatic rings. The number of thiophene rings is 1. The minimum Gasteiger partial charge on any atom is -0.440 e. The predicted octanol–water partition coefficient (Wildman–Crippen LogP) is 3.88. The van der Waals surface area contributed by atoms with Gasteiger partial charge in [0, 0.05) is 6.20 Å². The normalized spacial score (nSPS) is 12.6. The number of nitrogens with zero attached hydrogens (tertiary/aromatic N) is 4. The molecule has 1 amide bonds. The second-order valence-electron chi connectivity index (χ2n) is 6.58. The summed E-state index contributed by atoms with van der Waals surface area (Å²) in [6.45, 7) is 5.80. The first-order chi connectivity index (χ1) is 13.0. The van der Waals surface area contributed by atoms with E-state index in [9.17, 15) is 4.79 Å². The van der Waals surface area contributed by atoms with E-state index in [0.29, 0.717) is 17.5 Å². The van der Waals surface area contributed by atoms with Gasteiger partial charge in [-0.1, -0.05) is 26.0 Å². The van der Waals surface area contributed by atoms with Gasteiger partial charge in [-0.15, -0.1) is 21.5 Å². The Morgan fingerprint density at radius 1 is 1.22 bits per heavy atom. The fourth-order valence-electron chi connectivity index (χ4n) is 2.92. The Balaban J connectivity index is 1.64. The Kier molecular flexibility index (Phi) is 4.49. The molecule has 4 heterocycles. The fraction of sp³-hybridized carbons (Fsp3) is 0.263. The Morgan fingerprint density at radius 2 is 2.07 bits per heavy atom. The highest BCUT2D eigenvalue weighted by Gasteiger charge is 2.27. The zero-order chi connectivity index (χ0) is 19.0. The molecule has 0 unspecified atom stereocenters. The molecular formula is C19H19N5O2S. The summed E-state index contributed by atoms with van der Waals surface area (Å²) < 4.78 is 7.58. The Hall–Kier alpha value is -3.00. The first kappa shape index (κ1) is 17.4. The maximum Gasteiger partial charge on any atom is 0.274 e. The van der Waals surface area contributed by atoms with Crippen LogP contribution in [0.2, 0.25) is 0 Å². The topological polar surface area (TPSA) is 85.3 Å². The molecule has 0 aliphatic heterocycles. The molecule has 138 valence electrons. The van der Waals surface area contributed by atoms with Crippen LogP contribution in [0, 0.1) is 12.8 Å². The molecule has 4 aromatic heterocycles. The van der Waals surface area contributed by atoms with E-state index in [0.717, 1.165) is 10.5 Å². The third kappa shape index (κ3) is 3.23. The van der Waals surface area contributed by atoms with Gasteiger partial charge in [-0.3, -0.25) is 9.20 Å². The van der Waals surface area contributed by atoms with Gasteiger partial charge in [0.25, 0.3) is 5.91 Å². The number of carbonyl (C=O) groups is 1. The largest absolute Gasteiger partial charge is 0.440 e. The fourth-order valence-corrected chi connectivity index (χ4v) is 3.57. The van der Waals surface area contributed by atoms with Crippen molar-refractivity contribution in [1.82, 2.24) is 24.9 Å². The SMILES string of the molecule is Cc1oc(-c2cccs2)nc1C(=O)N[C@H](c1nnc2ccccn12)C(C)C. The van der Waals surface area contributed by atoms with E-state index in [-0.39, 0.29) is 23.6 Å². The monoisotopic (exact) mass is 381 g/mol. The number of nitrogens with one attached hydrogen (secondary N) is 1. The van der Waals surface area contributed by atoms with Crippen LogP contribution < -0.4 is 5.32 Å². The molecule has 4 aromatic rings. The third-order valence-electron chi connectivity index (χ3n) is 4.32. The quantitative estimate of drug-likeness (QED) is 0.567. The lowest BCUT2D eigenvalue weighted by atomic mass is 10.0. The molecule has 27 heavy (non-hydrogen) atoms. The molecule has 0 saturated carbocycles. The average molecular weight is 381 g/mol. The van der Waals surface area contributed by atoms with Crippen molar-refractivity contribution in [3.05, 3.63) is 59.2 Å². The van der Waals surface area contributed by atoms with Gasteiger partial charge in [0.15, 0.2) is 17.2 Å². The van der Waals surface area contributed by atoms with Crippen LogP contribution in [-0.2, 0) is 0 Å². The number of hydrogen-bond donors (Lipinski definition) is 1. The smallest absolute Gasteiger partial charge is 0.274 e. The molecule has 0 fully saturated rings. The minimum absolute atomic E-state index is 0.116. The number of aromatic nitrogens is 4. The number of oxazole rings is 1. The Morgan fingerprint density at radius 3 is 2.81 bits per heavy atom. The second kappa shape index (κ2) is 6.96. The molecule has 4 rings (SSSR count). The molecular weight excluding hydrogens is 362 g/mol. The summed E-state index contributed by atoms with van der Waals surface area (Å²) in [5.41, 5.74) is 1.03. The lowest BCUT2D eigenvalue weighted by molar-refractivity contribution is 0.0917. The molecule has 0 bridgehead atoms. The third-order valence-corrected chi connectivity index (χ3v) is 5.17. The lowest BCUT2D eigenvalue weighted by Gasteiger charge is -2.20. The van der Waals surface area contributed by atoms with Crippen molar-refractivity contribution in [2.75, 3.05) is 0 Å². The van der Waals surface area contributed by atoms with Crippen LogP contribution in [0.5, 0.6) is 0 Å². The average Bonchev–Trinajstić information content (AvgIpc) is 3.38. The zero-order valence-corrected chi connectivity index (χ0v) is 16.0. The van der Waals surface area contributed by atoms with Crippen LogP contribution in [0.25, 0.3) is 16.4 Å². The molecule has 1 N–H and O–H groups in total. The maximum atomic E-state index is 12.9. The number of rotatable bonds is 5. The molecule has 0 aliphatic carbocycles. The van der Waals surface area contributed by atoms with Crippen LogP contribution in [-0.4, -0.2) is 25.5 Å². The number of pyridine rings is 1. The summed E-state index contributed by atoms with van der Waals surface area (Å²) in [5, 5.41) is 13.5. The highest BCUT2D eigenvalue weighted by atomic mass is 32.1. The maximum absolute atomic E-state index is 12.9. The molecule has 7 nitrogen and oxygen atoms in total. The highest BCUT2D eigenvalue weighted by Crippen LogP contribution is 2.27. The van der Waals surface area contributed by atoms with Crippen molar-refractivity contribution in [2.45, 2.75) is 26.8 Å². The van der Waals surface area contributed by atoms with Gasteiger partial charge in [-0.2, -0.15) is 0 Å². The van der Waals surface area contributed by atoms with Crippen LogP contribution in [0.3, 0.4) is 0 Å². The minimum atomic E-state index is -0.309. The summed E-state index contributed by atoms with van der Waals surface area (Å²) >= 11 is 1.52. The van der Waals surface area contributed by atoms with E-state index in [4.69, 9.17) is 4.42 Å². The van der Waals surface area contributed by atoms with Crippen LogP contribution >= 0.6 is 11.3 Å². The lowest BCUT2D eigenvalue weighted by Crippen LogP contribution is -2.33. The van der Waals surface area contributed by atoms with Crippen LogP contribution in [0.1, 0.15) is 42.0 Å². The molecule has 0 aromatic carbocycles. The number of amides is 1. The molecule has 0 spiro atoms. The Labute approximate surface area is 160 Å². The molecule has 8 heteroatoms. The van der Waals surface area contributed by atoms with Gasteiger partial charge in [0.2, 0.25) is 5.89 Å².